The summed E-state index contributed by atoms with van der Waals surface area (Å²) in [6, 6.07) is 35.5. The molecule has 0 spiro atoms. The van der Waals surface area contributed by atoms with Crippen LogP contribution >= 0.6 is 15.9 Å². The van der Waals surface area contributed by atoms with E-state index in [9.17, 15) is 5.11 Å². The van der Waals surface area contributed by atoms with Gasteiger partial charge in [0.25, 0.3) is 0 Å². The number of para-hydroxylation sites is 2. The summed E-state index contributed by atoms with van der Waals surface area (Å²) in [6.45, 7) is 0. The number of fused-ring (bicyclic) bond motifs is 5. The predicted octanol–water partition coefficient (Wildman–Crippen LogP) is 8.91. The lowest BCUT2D eigenvalue weighted by Gasteiger charge is -2.33. The molecule has 1 aromatic heterocycles. The van der Waals surface area contributed by atoms with E-state index in [2.05, 4.69) is 28.1 Å². The maximum absolute atomic E-state index is 12.7. The number of hydrogen-bond donors (Lipinski definition) is 1. The van der Waals surface area contributed by atoms with Crippen molar-refractivity contribution in [1.29, 1.82) is 0 Å². The lowest BCUT2D eigenvalue weighted by atomic mass is 9.77. The highest BCUT2D eigenvalue weighted by Gasteiger charge is 2.40. The van der Waals surface area contributed by atoms with Gasteiger partial charge in [0.1, 0.15) is 28.3 Å². The topological polar surface area (TPSA) is 42.6 Å². The van der Waals surface area contributed by atoms with Crippen LogP contribution in [0.15, 0.2) is 118 Å². The molecule has 0 fully saturated rings. The van der Waals surface area contributed by atoms with E-state index in [0.717, 1.165) is 48.7 Å². The molecular weight excluding hydrogens is 524 g/mol. The van der Waals surface area contributed by atoms with Crippen LogP contribution in [0.3, 0.4) is 0 Å². The maximum atomic E-state index is 12.7. The third-order valence-electron chi connectivity index (χ3n) is 7.05. The monoisotopic (exact) mass is 544 g/mol. The largest absolute Gasteiger partial charge is 0.457 e. The van der Waals surface area contributed by atoms with Crippen LogP contribution in [0.1, 0.15) is 27.8 Å². The Morgan fingerprint density at radius 2 is 1.32 bits per heavy atom. The minimum absolute atomic E-state index is 0.583. The van der Waals surface area contributed by atoms with E-state index in [1.807, 2.05) is 109 Å². The molecule has 37 heavy (non-hydrogen) atoms. The van der Waals surface area contributed by atoms with Crippen molar-refractivity contribution in [3.63, 3.8) is 0 Å². The van der Waals surface area contributed by atoms with Crippen molar-refractivity contribution in [1.82, 2.24) is 0 Å². The highest BCUT2D eigenvalue weighted by molar-refractivity contribution is 9.10. The zero-order valence-electron chi connectivity index (χ0n) is 19.7. The van der Waals surface area contributed by atoms with Crippen molar-refractivity contribution in [3.8, 4) is 11.5 Å². The second kappa shape index (κ2) is 8.48. The van der Waals surface area contributed by atoms with Gasteiger partial charge < -0.3 is 14.3 Å². The van der Waals surface area contributed by atoms with E-state index in [1.165, 1.54) is 0 Å². The number of hydrogen-bond acceptors (Lipinski definition) is 3. The van der Waals surface area contributed by atoms with Crippen LogP contribution < -0.4 is 4.74 Å². The van der Waals surface area contributed by atoms with Crippen LogP contribution in [0.5, 0.6) is 11.5 Å². The Morgan fingerprint density at radius 1 is 0.622 bits per heavy atom. The second-order valence-corrected chi connectivity index (χ2v) is 10.1. The Labute approximate surface area is 222 Å². The molecule has 5 aromatic carbocycles. The molecule has 1 N–H and O–H groups in total. The Kier molecular flexibility index (Phi) is 5.07. The summed E-state index contributed by atoms with van der Waals surface area (Å²) in [5, 5.41) is 14.8. The second-order valence-electron chi connectivity index (χ2n) is 9.22. The zero-order chi connectivity index (χ0) is 25.0. The van der Waals surface area contributed by atoms with Crippen LogP contribution in [-0.2, 0) is 5.60 Å². The van der Waals surface area contributed by atoms with Crippen molar-refractivity contribution < 1.29 is 14.3 Å². The molecule has 7 rings (SSSR count). The molecule has 178 valence electrons. The zero-order valence-corrected chi connectivity index (χ0v) is 21.3. The Hall–Kier alpha value is -4.12. The van der Waals surface area contributed by atoms with Crippen LogP contribution in [-0.4, -0.2) is 5.11 Å². The molecule has 1 unspecified atom stereocenters. The molecule has 0 aliphatic heterocycles. The minimum atomic E-state index is -1.44. The molecule has 0 saturated heterocycles. The van der Waals surface area contributed by atoms with Gasteiger partial charge in [-0.2, -0.15) is 0 Å². The first-order valence-corrected chi connectivity index (χ1v) is 12.9. The molecule has 1 aliphatic rings. The minimum Gasteiger partial charge on any atom is -0.457 e. The summed E-state index contributed by atoms with van der Waals surface area (Å²) >= 11 is 3.62. The first-order valence-electron chi connectivity index (χ1n) is 12.1. The number of furan rings is 1. The summed E-state index contributed by atoms with van der Waals surface area (Å²) < 4.78 is 13.4. The molecule has 1 atom stereocenters. The number of ether oxygens (including phenoxy) is 1. The average molecular weight is 545 g/mol. The molecule has 0 radical (unpaired) electrons. The fourth-order valence-electron chi connectivity index (χ4n) is 5.32. The first-order chi connectivity index (χ1) is 18.1. The molecule has 1 aliphatic carbocycles. The number of aliphatic hydroxyl groups is 1. The van der Waals surface area contributed by atoms with Gasteiger partial charge in [-0.05, 0) is 59.2 Å². The molecule has 6 aromatic rings. The quantitative estimate of drug-likeness (QED) is 0.242. The van der Waals surface area contributed by atoms with Gasteiger partial charge >= 0.3 is 0 Å². The third kappa shape index (κ3) is 3.52. The van der Waals surface area contributed by atoms with Gasteiger partial charge in [0.15, 0.2) is 0 Å². The fraction of sp³-hybridized carbons (Fsp3) is 0.0303. The van der Waals surface area contributed by atoms with E-state index in [-0.39, 0.29) is 0 Å². The Balaban J connectivity index is 1.42. The highest BCUT2D eigenvalue weighted by Crippen LogP contribution is 2.47. The maximum Gasteiger partial charge on any atom is 0.145 e. The number of benzene rings is 5. The van der Waals surface area contributed by atoms with Crippen LogP contribution in [0.2, 0.25) is 0 Å². The smallest absolute Gasteiger partial charge is 0.145 e. The van der Waals surface area contributed by atoms with E-state index in [0.29, 0.717) is 17.1 Å². The SMILES string of the molecule is OC1(c2ccccc2Oc2ccc3oc4ccccc4c3c2)c2ccccc2C=Cc2ccc(Br)cc21. The Bertz CT molecular complexity index is 1850. The molecule has 0 bridgehead atoms. The van der Waals surface area contributed by atoms with E-state index >= 15 is 0 Å². The summed E-state index contributed by atoms with van der Waals surface area (Å²) in [7, 11) is 0. The van der Waals surface area contributed by atoms with Gasteiger partial charge in [-0.25, -0.2) is 0 Å². The molecule has 1 heterocycles. The lowest BCUT2D eigenvalue weighted by molar-refractivity contribution is 0.122. The van der Waals surface area contributed by atoms with Crippen molar-refractivity contribution in [3.05, 3.63) is 141 Å². The van der Waals surface area contributed by atoms with Crippen molar-refractivity contribution in [2.45, 2.75) is 5.60 Å². The highest BCUT2D eigenvalue weighted by atomic mass is 79.9. The summed E-state index contributed by atoms with van der Waals surface area (Å²) in [4.78, 5) is 0. The molecular formula is C33H21BrO3. The van der Waals surface area contributed by atoms with Crippen molar-refractivity contribution in [2.75, 3.05) is 0 Å². The van der Waals surface area contributed by atoms with Crippen molar-refractivity contribution >= 4 is 50.0 Å². The number of halogens is 1. The summed E-state index contributed by atoms with van der Waals surface area (Å²) in [5.41, 5.74) is 4.37. The number of rotatable bonds is 3. The van der Waals surface area contributed by atoms with Gasteiger partial charge in [-0.3, -0.25) is 0 Å². The summed E-state index contributed by atoms with van der Waals surface area (Å²) in [5.74, 6) is 1.25. The molecule has 4 heteroatoms. The van der Waals surface area contributed by atoms with Gasteiger partial charge in [0, 0.05) is 26.4 Å². The first kappa shape index (κ1) is 22.1. The molecule has 0 amide bonds. The van der Waals surface area contributed by atoms with Crippen LogP contribution in [0, 0.1) is 0 Å². The standard InChI is InChI=1S/C33H21BrO3/c34-23-16-15-22-14-13-21-7-1-3-9-27(21)33(35,29(22)19-23)28-10-4-6-12-32(28)36-24-17-18-31-26(20-24)25-8-2-5-11-30(25)37-31/h1-20,35H. The lowest BCUT2D eigenvalue weighted by Crippen LogP contribution is -2.30. The van der Waals surface area contributed by atoms with Gasteiger partial charge in [0.05, 0.1) is 0 Å². The Morgan fingerprint density at radius 3 is 2.22 bits per heavy atom. The van der Waals surface area contributed by atoms with Gasteiger partial charge in [-0.1, -0.05) is 94.8 Å². The fourth-order valence-corrected chi connectivity index (χ4v) is 5.69. The van der Waals surface area contributed by atoms with Crippen molar-refractivity contribution in [2.24, 2.45) is 0 Å². The van der Waals surface area contributed by atoms with Crippen LogP contribution in [0.4, 0.5) is 0 Å². The van der Waals surface area contributed by atoms with E-state index in [1.54, 1.807) is 0 Å². The summed E-state index contributed by atoms with van der Waals surface area (Å²) in [6.07, 6.45) is 4.11. The van der Waals surface area contributed by atoms with Gasteiger partial charge in [0.2, 0.25) is 0 Å². The molecule has 3 nitrogen and oxygen atoms in total. The third-order valence-corrected chi connectivity index (χ3v) is 7.54. The van der Waals surface area contributed by atoms with Gasteiger partial charge in [-0.15, -0.1) is 0 Å². The van der Waals surface area contributed by atoms with E-state index in [4.69, 9.17) is 9.15 Å². The van der Waals surface area contributed by atoms with E-state index < -0.39 is 5.60 Å². The normalized spacial score (nSPS) is 16.4. The average Bonchev–Trinajstić information content (AvgIpc) is 3.24. The molecule has 0 saturated carbocycles. The predicted molar refractivity (Wildman–Crippen MR) is 152 cm³/mol. The van der Waals surface area contributed by atoms with Crippen LogP contribution in [0.25, 0.3) is 34.1 Å².